The predicted molar refractivity (Wildman–Crippen MR) is 65.5 cm³/mol. The Hall–Kier alpha value is -0.960. The van der Waals surface area contributed by atoms with Gasteiger partial charge in [0.2, 0.25) is 0 Å². The quantitative estimate of drug-likeness (QED) is 0.389. The zero-order valence-corrected chi connectivity index (χ0v) is 11.5. The summed E-state index contributed by atoms with van der Waals surface area (Å²) >= 11 is 0. The third-order valence-corrected chi connectivity index (χ3v) is 2.96. The summed E-state index contributed by atoms with van der Waals surface area (Å²) in [5, 5.41) is 2.54. The maximum atomic E-state index is 11.6. The number of carbonyl (C=O) groups is 1. The average molecular weight is 295 g/mol. The normalized spacial score (nSPS) is 21.9. The highest BCUT2D eigenvalue weighted by Crippen LogP contribution is 2.35. The lowest BCUT2D eigenvalue weighted by Crippen LogP contribution is -2.54. The molecule has 0 aliphatic carbocycles. The van der Waals surface area contributed by atoms with Gasteiger partial charge in [0.1, 0.15) is 12.4 Å². The van der Waals surface area contributed by atoms with Crippen LogP contribution in [0.25, 0.3) is 0 Å². The second kappa shape index (κ2) is 6.47. The lowest BCUT2D eigenvalue weighted by molar-refractivity contribution is -0.0226. The molecule has 110 valence electrons. The minimum Gasteiger partial charge on any atom is -0.356 e. The monoisotopic (exact) mass is 295 g/mol. The van der Waals surface area contributed by atoms with Crippen LogP contribution in [0.2, 0.25) is 0 Å². The fraction of sp³-hybridized carbons (Fsp3) is 0.667. The average Bonchev–Trinajstić information content (AvgIpc) is 2.28. The number of hydrogen-bond acceptors (Lipinski definition) is 5. The number of urea groups is 1. The van der Waals surface area contributed by atoms with E-state index in [4.69, 9.17) is 20.3 Å². The van der Waals surface area contributed by atoms with Gasteiger partial charge in [-0.25, -0.2) is 9.36 Å². The van der Waals surface area contributed by atoms with Crippen LogP contribution in [-0.4, -0.2) is 46.3 Å². The third kappa shape index (κ3) is 5.27. The molecule has 9 nitrogen and oxygen atoms in total. The molecule has 0 aromatic heterocycles. The van der Waals surface area contributed by atoms with Crippen molar-refractivity contribution < 1.29 is 28.4 Å². The first-order valence-electron chi connectivity index (χ1n) is 5.55. The maximum Gasteiger partial charge on any atom is 0.469 e. The molecule has 10 heteroatoms. The Morgan fingerprint density at radius 2 is 2.21 bits per heavy atom. The van der Waals surface area contributed by atoms with Gasteiger partial charge in [-0.15, -0.1) is 0 Å². The van der Waals surface area contributed by atoms with Gasteiger partial charge in [-0.3, -0.25) is 9.42 Å². The molecule has 0 fully saturated rings. The minimum absolute atomic E-state index is 0.0605. The van der Waals surface area contributed by atoms with Crippen molar-refractivity contribution in [1.82, 2.24) is 10.2 Å². The highest BCUT2D eigenvalue weighted by Gasteiger charge is 2.26. The van der Waals surface area contributed by atoms with Crippen LogP contribution in [0.1, 0.15) is 13.8 Å². The molecule has 1 aliphatic rings. The minimum atomic E-state index is -4.49. The molecule has 1 rings (SSSR count). The Bertz CT molecular complexity index is 409. The predicted octanol–water partition coefficient (Wildman–Crippen LogP) is -0.328. The van der Waals surface area contributed by atoms with Crippen LogP contribution >= 0.6 is 7.82 Å². The summed E-state index contributed by atoms with van der Waals surface area (Å²) in [6.07, 6.45) is 0.439. The van der Waals surface area contributed by atoms with Gasteiger partial charge in [0.05, 0.1) is 13.2 Å². The number of nitrogens with two attached hydrogens (primary N) is 1. The Morgan fingerprint density at radius 3 is 2.79 bits per heavy atom. The standard InChI is InChI=1S/C9H18N3O6P/c1-6-5-12(9(13)11-8(6)10)7(2)17-3-4-18-19(14,15)16/h5,7-8H,3-4,10H2,1-2H3,(H,11,13)(H2,14,15,16)/t7-,8?/m1/s1. The van der Waals surface area contributed by atoms with E-state index in [-0.39, 0.29) is 13.2 Å². The summed E-state index contributed by atoms with van der Waals surface area (Å²) in [5.41, 5.74) is 6.39. The highest BCUT2D eigenvalue weighted by molar-refractivity contribution is 7.46. The molecule has 0 radical (unpaired) electrons. The summed E-state index contributed by atoms with van der Waals surface area (Å²) in [4.78, 5) is 29.9. The summed E-state index contributed by atoms with van der Waals surface area (Å²) in [6, 6.07) is -0.401. The molecule has 5 N–H and O–H groups in total. The lowest BCUT2D eigenvalue weighted by atomic mass is 10.2. The first-order chi connectivity index (χ1) is 8.70. The van der Waals surface area contributed by atoms with E-state index in [0.717, 1.165) is 5.57 Å². The lowest BCUT2D eigenvalue weighted by Gasteiger charge is -2.32. The van der Waals surface area contributed by atoms with Crippen molar-refractivity contribution >= 4 is 13.9 Å². The first-order valence-corrected chi connectivity index (χ1v) is 7.08. The van der Waals surface area contributed by atoms with Gasteiger partial charge in [0, 0.05) is 6.20 Å². The van der Waals surface area contributed by atoms with Crippen molar-refractivity contribution in [3.8, 4) is 0 Å². The number of ether oxygens (including phenoxy) is 1. The van der Waals surface area contributed by atoms with Crippen LogP contribution in [0.3, 0.4) is 0 Å². The molecule has 2 amide bonds. The summed E-state index contributed by atoms with van der Waals surface area (Å²) < 4.78 is 19.9. The molecule has 0 bridgehead atoms. The zero-order valence-electron chi connectivity index (χ0n) is 10.6. The van der Waals surface area contributed by atoms with Gasteiger partial charge < -0.3 is 25.6 Å². The molecule has 1 heterocycles. The molecular formula is C9H18N3O6P. The number of nitrogens with zero attached hydrogens (tertiary/aromatic N) is 1. The van der Waals surface area contributed by atoms with E-state index in [1.54, 1.807) is 20.0 Å². The van der Waals surface area contributed by atoms with E-state index >= 15 is 0 Å². The molecule has 1 aliphatic heterocycles. The van der Waals surface area contributed by atoms with E-state index in [1.807, 2.05) is 0 Å². The van der Waals surface area contributed by atoms with E-state index in [0.29, 0.717) is 0 Å². The fourth-order valence-electron chi connectivity index (χ4n) is 1.40. The molecule has 0 aromatic rings. The van der Waals surface area contributed by atoms with Crippen LogP contribution in [0.4, 0.5) is 4.79 Å². The summed E-state index contributed by atoms with van der Waals surface area (Å²) in [6.45, 7) is 3.06. The third-order valence-electron chi connectivity index (χ3n) is 2.44. The number of rotatable bonds is 6. The van der Waals surface area contributed by atoms with Crippen molar-refractivity contribution in [2.24, 2.45) is 5.73 Å². The van der Waals surface area contributed by atoms with Crippen molar-refractivity contribution in [1.29, 1.82) is 0 Å². The maximum absolute atomic E-state index is 11.6. The number of phosphoric ester groups is 1. The van der Waals surface area contributed by atoms with Gasteiger partial charge in [-0.1, -0.05) is 0 Å². The Labute approximate surface area is 110 Å². The largest absolute Gasteiger partial charge is 0.469 e. The van der Waals surface area contributed by atoms with Gasteiger partial charge >= 0.3 is 13.9 Å². The summed E-state index contributed by atoms with van der Waals surface area (Å²) in [7, 11) is -4.49. The number of hydrogen-bond donors (Lipinski definition) is 4. The van der Waals surface area contributed by atoms with Crippen LogP contribution in [-0.2, 0) is 13.8 Å². The van der Waals surface area contributed by atoms with Crippen LogP contribution in [0.5, 0.6) is 0 Å². The molecule has 0 spiro atoms. The number of nitrogens with one attached hydrogen (secondary N) is 1. The van der Waals surface area contributed by atoms with Crippen LogP contribution < -0.4 is 11.1 Å². The molecule has 19 heavy (non-hydrogen) atoms. The Morgan fingerprint density at radius 1 is 1.58 bits per heavy atom. The van der Waals surface area contributed by atoms with Crippen LogP contribution in [0.15, 0.2) is 11.8 Å². The zero-order chi connectivity index (χ0) is 14.6. The molecule has 1 unspecified atom stereocenters. The second-order valence-corrected chi connectivity index (χ2v) is 5.24. The van der Waals surface area contributed by atoms with Gasteiger partial charge in [-0.2, -0.15) is 0 Å². The Kier molecular flexibility index (Phi) is 5.48. The highest BCUT2D eigenvalue weighted by atomic mass is 31.2. The van der Waals surface area contributed by atoms with Crippen molar-refractivity contribution in [3.05, 3.63) is 11.8 Å². The van der Waals surface area contributed by atoms with Gasteiger partial charge in [0.25, 0.3) is 0 Å². The van der Waals surface area contributed by atoms with Crippen molar-refractivity contribution in [2.75, 3.05) is 13.2 Å². The van der Waals surface area contributed by atoms with Gasteiger partial charge in [0.15, 0.2) is 0 Å². The van der Waals surface area contributed by atoms with Gasteiger partial charge in [-0.05, 0) is 19.4 Å². The van der Waals surface area contributed by atoms with Crippen molar-refractivity contribution in [3.63, 3.8) is 0 Å². The number of amides is 2. The topological polar surface area (TPSA) is 134 Å². The van der Waals surface area contributed by atoms with E-state index in [1.165, 1.54) is 4.90 Å². The fourth-order valence-corrected chi connectivity index (χ4v) is 1.72. The molecular weight excluding hydrogens is 277 g/mol. The van der Waals surface area contributed by atoms with Crippen LogP contribution in [0, 0.1) is 0 Å². The molecule has 2 atom stereocenters. The van der Waals surface area contributed by atoms with Crippen molar-refractivity contribution in [2.45, 2.75) is 26.2 Å². The molecule has 0 aromatic carbocycles. The van der Waals surface area contributed by atoms with E-state index in [2.05, 4.69) is 9.84 Å². The van der Waals surface area contributed by atoms with E-state index < -0.39 is 26.2 Å². The number of carbonyl (C=O) groups excluding carboxylic acids is 1. The number of phosphoric acid groups is 1. The first kappa shape index (κ1) is 16.1. The Balaban J connectivity index is 2.43. The smallest absolute Gasteiger partial charge is 0.356 e. The van der Waals surface area contributed by atoms with E-state index in [9.17, 15) is 9.36 Å². The summed E-state index contributed by atoms with van der Waals surface area (Å²) in [5.74, 6) is 0. The molecule has 0 saturated heterocycles. The second-order valence-electron chi connectivity index (χ2n) is 4.00. The molecule has 0 saturated carbocycles. The SMILES string of the molecule is CC1=CN([C@@H](C)OCCOP(=O)(O)O)C(=O)NC1N.